The second kappa shape index (κ2) is 8.08. The highest BCUT2D eigenvalue weighted by atomic mass is 35.5. The van der Waals surface area contributed by atoms with Crippen molar-refractivity contribution in [1.82, 2.24) is 0 Å². The van der Waals surface area contributed by atoms with Crippen molar-refractivity contribution < 1.29 is 24.6 Å². The van der Waals surface area contributed by atoms with Crippen molar-refractivity contribution in [2.24, 2.45) is 0 Å². The molecule has 2 N–H and O–H groups in total. The first-order chi connectivity index (χ1) is 14.9. The van der Waals surface area contributed by atoms with E-state index in [-0.39, 0.29) is 22.6 Å². The summed E-state index contributed by atoms with van der Waals surface area (Å²) in [7, 11) is 0. The molecule has 3 aromatic carbocycles. The number of ketones is 1. The largest absolute Gasteiger partial charge is 0.507 e. The number of carbonyl (C=O) groups excluding carboxylic acids is 2. The summed E-state index contributed by atoms with van der Waals surface area (Å²) in [5.74, 6) is -3.19. The molecular formula is C24H16ClNO5. The first-order valence-corrected chi connectivity index (χ1v) is 9.71. The van der Waals surface area contributed by atoms with Gasteiger partial charge in [0.1, 0.15) is 5.76 Å². The Morgan fingerprint density at radius 2 is 1.48 bits per heavy atom. The van der Waals surface area contributed by atoms with Crippen LogP contribution in [0.4, 0.5) is 5.69 Å². The quantitative estimate of drug-likeness (QED) is 0.354. The van der Waals surface area contributed by atoms with E-state index < -0.39 is 23.7 Å². The van der Waals surface area contributed by atoms with Crippen LogP contribution in [-0.4, -0.2) is 27.9 Å². The summed E-state index contributed by atoms with van der Waals surface area (Å²) in [5, 5.41) is 20.8. The molecule has 1 fully saturated rings. The van der Waals surface area contributed by atoms with Gasteiger partial charge in [0.05, 0.1) is 17.2 Å². The number of benzene rings is 3. The highest BCUT2D eigenvalue weighted by Gasteiger charge is 2.47. The normalized spacial score (nSPS) is 17.7. The molecule has 3 aromatic rings. The number of nitrogens with zero attached hydrogens (tertiary/aromatic N) is 1. The van der Waals surface area contributed by atoms with Crippen LogP contribution in [0.15, 0.2) is 84.4 Å². The van der Waals surface area contributed by atoms with Gasteiger partial charge in [-0.15, -0.1) is 0 Å². The zero-order valence-electron chi connectivity index (χ0n) is 16.0. The summed E-state index contributed by atoms with van der Waals surface area (Å²) in [5.41, 5.74) is 1.05. The highest BCUT2D eigenvalue weighted by molar-refractivity contribution is 6.51. The van der Waals surface area contributed by atoms with Gasteiger partial charge in [-0.25, -0.2) is 4.79 Å². The number of amides is 1. The van der Waals surface area contributed by atoms with Gasteiger partial charge in [-0.05, 0) is 35.9 Å². The SMILES string of the molecule is O=C1C(=O)N(c2cccc(C(=O)O)c2)C(c2ccc(Cl)cc2)C1=C(O)c1ccccc1. The molecule has 0 radical (unpaired) electrons. The number of aliphatic hydroxyl groups is 1. The van der Waals surface area contributed by atoms with E-state index in [2.05, 4.69) is 0 Å². The molecule has 31 heavy (non-hydrogen) atoms. The van der Waals surface area contributed by atoms with Gasteiger partial charge in [-0.2, -0.15) is 0 Å². The zero-order valence-corrected chi connectivity index (χ0v) is 16.8. The molecule has 0 bridgehead atoms. The molecule has 1 aliphatic rings. The van der Waals surface area contributed by atoms with Crippen LogP contribution in [-0.2, 0) is 9.59 Å². The maximum atomic E-state index is 13.0. The molecule has 1 saturated heterocycles. The van der Waals surface area contributed by atoms with Crippen molar-refractivity contribution in [3.8, 4) is 0 Å². The number of carboxylic acids is 1. The van der Waals surface area contributed by atoms with Crippen molar-refractivity contribution in [3.05, 3.63) is 106 Å². The third kappa shape index (κ3) is 3.69. The van der Waals surface area contributed by atoms with E-state index in [0.717, 1.165) is 0 Å². The van der Waals surface area contributed by atoms with Crippen molar-refractivity contribution in [3.63, 3.8) is 0 Å². The van der Waals surface area contributed by atoms with Crippen LogP contribution in [0.1, 0.15) is 27.5 Å². The number of halogens is 1. The minimum atomic E-state index is -1.16. The fourth-order valence-electron chi connectivity index (χ4n) is 3.60. The van der Waals surface area contributed by atoms with Gasteiger partial charge < -0.3 is 10.2 Å². The van der Waals surface area contributed by atoms with Gasteiger partial charge in [-0.1, -0.05) is 60.1 Å². The van der Waals surface area contributed by atoms with E-state index in [0.29, 0.717) is 16.1 Å². The Kier molecular flexibility index (Phi) is 5.31. The molecule has 1 atom stereocenters. The molecule has 1 aliphatic heterocycles. The third-order valence-corrected chi connectivity index (χ3v) is 5.30. The van der Waals surface area contributed by atoms with E-state index in [4.69, 9.17) is 11.6 Å². The first-order valence-electron chi connectivity index (χ1n) is 9.33. The number of aliphatic hydroxyl groups excluding tert-OH is 1. The lowest BCUT2D eigenvalue weighted by Crippen LogP contribution is -2.29. The Labute approximate surface area is 182 Å². The lowest BCUT2D eigenvalue weighted by molar-refractivity contribution is -0.132. The number of Topliss-reactive ketones (excluding diaryl/α,β-unsaturated/α-hetero) is 1. The summed E-state index contributed by atoms with van der Waals surface area (Å²) in [6, 6.07) is 19.8. The van der Waals surface area contributed by atoms with Crippen molar-refractivity contribution in [2.75, 3.05) is 4.90 Å². The van der Waals surface area contributed by atoms with Gasteiger partial charge in [0.25, 0.3) is 11.7 Å². The van der Waals surface area contributed by atoms with Gasteiger partial charge in [-0.3, -0.25) is 14.5 Å². The number of aromatic carboxylic acids is 1. The number of carbonyl (C=O) groups is 3. The van der Waals surface area contributed by atoms with Gasteiger partial charge >= 0.3 is 5.97 Å². The Morgan fingerprint density at radius 3 is 2.13 bits per heavy atom. The van der Waals surface area contributed by atoms with Crippen LogP contribution in [0.5, 0.6) is 0 Å². The lowest BCUT2D eigenvalue weighted by Gasteiger charge is -2.25. The van der Waals surface area contributed by atoms with E-state index >= 15 is 0 Å². The van der Waals surface area contributed by atoms with Crippen molar-refractivity contribution in [1.29, 1.82) is 0 Å². The average molecular weight is 434 g/mol. The van der Waals surface area contributed by atoms with E-state index in [1.165, 1.54) is 23.1 Å². The van der Waals surface area contributed by atoms with Crippen molar-refractivity contribution >= 4 is 40.7 Å². The number of rotatable bonds is 4. The van der Waals surface area contributed by atoms with Crippen LogP contribution in [0, 0.1) is 0 Å². The fourth-order valence-corrected chi connectivity index (χ4v) is 3.73. The van der Waals surface area contributed by atoms with Crippen molar-refractivity contribution in [2.45, 2.75) is 6.04 Å². The molecule has 0 saturated carbocycles. The summed E-state index contributed by atoms with van der Waals surface area (Å²) in [4.78, 5) is 38.7. The number of hydrogen-bond donors (Lipinski definition) is 2. The fraction of sp³-hybridized carbons (Fsp3) is 0.0417. The average Bonchev–Trinajstić information content (AvgIpc) is 3.05. The van der Waals surface area contributed by atoms with Crippen LogP contribution >= 0.6 is 11.6 Å². The van der Waals surface area contributed by atoms with Gasteiger partial charge in [0.15, 0.2) is 0 Å². The third-order valence-electron chi connectivity index (χ3n) is 5.05. The van der Waals surface area contributed by atoms with Crippen LogP contribution in [0.3, 0.4) is 0 Å². The summed E-state index contributed by atoms with van der Waals surface area (Å²) in [6.07, 6.45) is 0. The Morgan fingerprint density at radius 1 is 0.839 bits per heavy atom. The predicted octanol–water partition coefficient (Wildman–Crippen LogP) is 4.66. The molecule has 1 amide bonds. The molecule has 154 valence electrons. The Hall–Kier alpha value is -3.90. The van der Waals surface area contributed by atoms with Gasteiger partial charge in [0.2, 0.25) is 0 Å². The second-order valence-electron chi connectivity index (χ2n) is 6.94. The number of carboxylic acid groups (broad SMARTS) is 1. The standard InChI is InChI=1S/C24H16ClNO5/c25-17-11-9-14(10-12-17)20-19(21(27)15-5-2-1-3-6-15)22(28)23(29)26(20)18-8-4-7-16(13-18)24(30)31/h1-13,20,27H,(H,30,31). The van der Waals surface area contributed by atoms with E-state index in [1.54, 1.807) is 60.7 Å². The molecule has 1 heterocycles. The minimum absolute atomic E-state index is 0.0303. The molecule has 1 unspecified atom stereocenters. The molecule has 7 heteroatoms. The minimum Gasteiger partial charge on any atom is -0.507 e. The molecule has 0 aromatic heterocycles. The monoisotopic (exact) mass is 433 g/mol. The van der Waals surface area contributed by atoms with Crippen LogP contribution in [0.2, 0.25) is 5.02 Å². The second-order valence-corrected chi connectivity index (χ2v) is 7.38. The molecule has 0 aliphatic carbocycles. The maximum absolute atomic E-state index is 13.0. The number of hydrogen-bond acceptors (Lipinski definition) is 4. The highest BCUT2D eigenvalue weighted by Crippen LogP contribution is 2.42. The zero-order chi connectivity index (χ0) is 22.1. The smallest absolute Gasteiger partial charge is 0.335 e. The molecule has 0 spiro atoms. The van der Waals surface area contributed by atoms with E-state index in [9.17, 15) is 24.6 Å². The Balaban J connectivity index is 1.95. The predicted molar refractivity (Wildman–Crippen MR) is 116 cm³/mol. The topological polar surface area (TPSA) is 94.9 Å². The first kappa shape index (κ1) is 20.4. The van der Waals surface area contributed by atoms with Crippen LogP contribution in [0.25, 0.3) is 5.76 Å². The summed E-state index contributed by atoms with van der Waals surface area (Å²) >= 11 is 6.01. The Bertz CT molecular complexity index is 1220. The molecule has 4 rings (SSSR count). The number of anilines is 1. The molecular weight excluding hydrogens is 418 g/mol. The van der Waals surface area contributed by atoms with Crippen LogP contribution < -0.4 is 4.90 Å². The lowest BCUT2D eigenvalue weighted by atomic mass is 9.95. The summed E-state index contributed by atoms with van der Waals surface area (Å²) in [6.45, 7) is 0. The molecule has 6 nitrogen and oxygen atoms in total. The summed E-state index contributed by atoms with van der Waals surface area (Å²) < 4.78 is 0. The maximum Gasteiger partial charge on any atom is 0.335 e. The van der Waals surface area contributed by atoms with Gasteiger partial charge in [0, 0.05) is 16.3 Å². The van der Waals surface area contributed by atoms with E-state index in [1.807, 2.05) is 0 Å².